The van der Waals surface area contributed by atoms with E-state index < -0.39 is 5.91 Å². The quantitative estimate of drug-likeness (QED) is 0.244. The van der Waals surface area contributed by atoms with Gasteiger partial charge in [0.1, 0.15) is 0 Å². The lowest BCUT2D eigenvalue weighted by Crippen LogP contribution is -2.24. The van der Waals surface area contributed by atoms with Crippen LogP contribution in [0.15, 0.2) is 54.6 Å². The molecular formula is C22H23N3O3. The molecule has 1 heterocycles. The van der Waals surface area contributed by atoms with Crippen LogP contribution >= 0.6 is 0 Å². The van der Waals surface area contributed by atoms with E-state index in [2.05, 4.69) is 24.0 Å². The molecule has 0 unspecified atom stereocenters. The topological polar surface area (TPSA) is 85.4 Å². The average molecular weight is 377 g/mol. The Bertz CT molecular complexity index is 990. The summed E-state index contributed by atoms with van der Waals surface area (Å²) in [5, 5.41) is 9.69. The molecule has 0 spiro atoms. The first kappa shape index (κ1) is 19.4. The third kappa shape index (κ3) is 4.66. The van der Waals surface area contributed by atoms with Crippen molar-refractivity contribution in [1.29, 1.82) is 0 Å². The minimum atomic E-state index is -0.580. The highest BCUT2D eigenvalue weighted by molar-refractivity contribution is 5.90. The number of rotatable bonds is 8. The third-order valence-corrected chi connectivity index (χ3v) is 4.73. The average Bonchev–Trinajstić information content (AvgIpc) is 3.05. The molecule has 2 amide bonds. The Hall–Kier alpha value is -3.38. The number of carbonyl (C=O) groups excluding carboxylic acids is 2. The van der Waals surface area contributed by atoms with Crippen LogP contribution in [-0.2, 0) is 22.6 Å². The zero-order chi connectivity index (χ0) is 19.9. The Balaban J connectivity index is 1.63. The van der Waals surface area contributed by atoms with Crippen LogP contribution in [0, 0.1) is 6.92 Å². The fourth-order valence-corrected chi connectivity index (χ4v) is 3.26. The number of amides is 2. The number of benzene rings is 2. The second kappa shape index (κ2) is 9.01. The fraction of sp³-hybridized carbons (Fsp3) is 0.182. The van der Waals surface area contributed by atoms with E-state index in [0.29, 0.717) is 13.1 Å². The molecule has 3 N–H and O–H groups in total. The SMILES string of the molecule is Cc1[nH]c2ccccc2c1CCN(C=O)Cc1ccc(/C=C/C(=O)NO)cc1. The maximum Gasteiger partial charge on any atom is 0.267 e. The van der Waals surface area contributed by atoms with Gasteiger partial charge in [-0.15, -0.1) is 0 Å². The molecule has 0 saturated heterocycles. The summed E-state index contributed by atoms with van der Waals surface area (Å²) >= 11 is 0. The third-order valence-electron chi connectivity index (χ3n) is 4.73. The maximum absolute atomic E-state index is 11.5. The number of aromatic amines is 1. The van der Waals surface area contributed by atoms with Crippen molar-refractivity contribution in [2.45, 2.75) is 19.9 Å². The number of para-hydroxylation sites is 1. The normalized spacial score (nSPS) is 11.1. The Morgan fingerprint density at radius 2 is 1.93 bits per heavy atom. The van der Waals surface area contributed by atoms with Gasteiger partial charge in [0.25, 0.3) is 5.91 Å². The van der Waals surface area contributed by atoms with Crippen LogP contribution in [0.1, 0.15) is 22.4 Å². The van der Waals surface area contributed by atoms with Crippen molar-refractivity contribution >= 4 is 29.3 Å². The molecule has 144 valence electrons. The number of nitrogens with zero attached hydrogens (tertiary/aromatic N) is 1. The van der Waals surface area contributed by atoms with Crippen LogP contribution < -0.4 is 5.48 Å². The van der Waals surface area contributed by atoms with Crippen molar-refractivity contribution in [2.75, 3.05) is 6.54 Å². The number of fused-ring (bicyclic) bond motifs is 1. The lowest BCUT2D eigenvalue weighted by Gasteiger charge is -2.17. The number of nitrogens with one attached hydrogen (secondary N) is 2. The van der Waals surface area contributed by atoms with Gasteiger partial charge in [0.15, 0.2) is 0 Å². The predicted molar refractivity (Wildman–Crippen MR) is 109 cm³/mol. The molecule has 1 aromatic heterocycles. The maximum atomic E-state index is 11.5. The van der Waals surface area contributed by atoms with Gasteiger partial charge in [0.05, 0.1) is 0 Å². The van der Waals surface area contributed by atoms with Crippen molar-refractivity contribution in [2.24, 2.45) is 0 Å². The molecule has 0 aliphatic rings. The molecule has 0 bridgehead atoms. The van der Waals surface area contributed by atoms with Gasteiger partial charge in [-0.2, -0.15) is 0 Å². The summed E-state index contributed by atoms with van der Waals surface area (Å²) < 4.78 is 0. The van der Waals surface area contributed by atoms with E-state index in [9.17, 15) is 9.59 Å². The van der Waals surface area contributed by atoms with E-state index in [4.69, 9.17) is 5.21 Å². The number of aryl methyl sites for hydroxylation is 1. The van der Waals surface area contributed by atoms with Crippen molar-refractivity contribution < 1.29 is 14.8 Å². The summed E-state index contributed by atoms with van der Waals surface area (Å²) in [6.45, 7) is 3.21. The molecule has 28 heavy (non-hydrogen) atoms. The Morgan fingerprint density at radius 3 is 2.64 bits per heavy atom. The van der Waals surface area contributed by atoms with Crippen molar-refractivity contribution in [1.82, 2.24) is 15.4 Å². The van der Waals surface area contributed by atoms with E-state index in [1.165, 1.54) is 17.0 Å². The first-order chi connectivity index (χ1) is 13.6. The smallest absolute Gasteiger partial charge is 0.267 e. The summed E-state index contributed by atoms with van der Waals surface area (Å²) in [5.74, 6) is -0.580. The van der Waals surface area contributed by atoms with Gasteiger partial charge < -0.3 is 9.88 Å². The predicted octanol–water partition coefficient (Wildman–Crippen LogP) is 3.20. The number of H-pyrrole nitrogens is 1. The van der Waals surface area contributed by atoms with E-state index in [1.807, 2.05) is 36.4 Å². The Labute approximate surface area is 163 Å². The second-order valence-corrected chi connectivity index (χ2v) is 6.65. The number of hydrogen-bond donors (Lipinski definition) is 3. The Morgan fingerprint density at radius 1 is 1.18 bits per heavy atom. The number of aromatic nitrogens is 1. The highest BCUT2D eigenvalue weighted by Gasteiger charge is 2.10. The standard InChI is InChI=1S/C22H23N3O3/c1-16-19(20-4-2-3-5-21(20)23-16)12-13-25(15-26)14-18-8-6-17(7-9-18)10-11-22(27)24-28/h2-11,15,23,28H,12-14H2,1H3,(H,24,27)/b11-10+. The summed E-state index contributed by atoms with van der Waals surface area (Å²) in [4.78, 5) is 27.7. The van der Waals surface area contributed by atoms with Crippen molar-refractivity contribution in [3.05, 3.63) is 77.0 Å². The molecule has 3 aromatic rings. The summed E-state index contributed by atoms with van der Waals surface area (Å²) in [5.41, 5.74) is 6.88. The Kier molecular flexibility index (Phi) is 6.24. The molecule has 0 radical (unpaired) electrons. The fourth-order valence-electron chi connectivity index (χ4n) is 3.26. The number of carbonyl (C=O) groups is 2. The number of hydroxylamine groups is 1. The van der Waals surface area contributed by atoms with Crippen LogP contribution in [-0.4, -0.2) is 34.0 Å². The van der Waals surface area contributed by atoms with E-state index in [1.54, 1.807) is 16.5 Å². The lowest BCUT2D eigenvalue weighted by molar-refractivity contribution is -0.124. The monoisotopic (exact) mass is 377 g/mol. The highest BCUT2D eigenvalue weighted by Crippen LogP contribution is 2.22. The minimum Gasteiger partial charge on any atom is -0.358 e. The molecule has 0 aliphatic heterocycles. The molecular weight excluding hydrogens is 354 g/mol. The van der Waals surface area contributed by atoms with Gasteiger partial charge >= 0.3 is 0 Å². The summed E-state index contributed by atoms with van der Waals surface area (Å²) in [6, 6.07) is 15.8. The van der Waals surface area contributed by atoms with E-state index in [0.717, 1.165) is 35.2 Å². The highest BCUT2D eigenvalue weighted by atomic mass is 16.5. The van der Waals surface area contributed by atoms with Crippen LogP contribution in [0.2, 0.25) is 0 Å². The molecule has 6 heteroatoms. The molecule has 2 aromatic carbocycles. The minimum absolute atomic E-state index is 0.520. The summed E-state index contributed by atoms with van der Waals surface area (Å²) in [7, 11) is 0. The second-order valence-electron chi connectivity index (χ2n) is 6.65. The van der Waals surface area contributed by atoms with E-state index >= 15 is 0 Å². The van der Waals surface area contributed by atoms with Crippen LogP contribution in [0.5, 0.6) is 0 Å². The first-order valence-electron chi connectivity index (χ1n) is 9.07. The molecule has 0 fully saturated rings. The molecule has 0 atom stereocenters. The number of hydrogen-bond acceptors (Lipinski definition) is 3. The zero-order valence-electron chi connectivity index (χ0n) is 15.7. The summed E-state index contributed by atoms with van der Waals surface area (Å²) in [6.07, 6.45) is 4.51. The van der Waals surface area contributed by atoms with Gasteiger partial charge in [0, 0.05) is 35.8 Å². The molecule has 0 saturated carbocycles. The molecule has 6 nitrogen and oxygen atoms in total. The van der Waals surface area contributed by atoms with Crippen LogP contribution in [0.4, 0.5) is 0 Å². The van der Waals surface area contributed by atoms with Crippen LogP contribution in [0.3, 0.4) is 0 Å². The molecule has 0 aliphatic carbocycles. The first-order valence-corrected chi connectivity index (χ1v) is 9.07. The zero-order valence-corrected chi connectivity index (χ0v) is 15.7. The largest absolute Gasteiger partial charge is 0.358 e. The molecule has 3 rings (SSSR count). The van der Waals surface area contributed by atoms with Crippen molar-refractivity contribution in [3.8, 4) is 0 Å². The van der Waals surface area contributed by atoms with Crippen molar-refractivity contribution in [3.63, 3.8) is 0 Å². The van der Waals surface area contributed by atoms with Crippen LogP contribution in [0.25, 0.3) is 17.0 Å². The van der Waals surface area contributed by atoms with Gasteiger partial charge in [-0.1, -0.05) is 42.5 Å². The van der Waals surface area contributed by atoms with Gasteiger partial charge in [-0.05, 0) is 42.2 Å². The van der Waals surface area contributed by atoms with Gasteiger partial charge in [-0.25, -0.2) is 5.48 Å². The van der Waals surface area contributed by atoms with E-state index in [-0.39, 0.29) is 0 Å². The van der Waals surface area contributed by atoms with Gasteiger partial charge in [0.2, 0.25) is 6.41 Å². The lowest BCUT2D eigenvalue weighted by atomic mass is 10.1. The van der Waals surface area contributed by atoms with Gasteiger partial charge in [-0.3, -0.25) is 14.8 Å².